The van der Waals surface area contributed by atoms with Gasteiger partial charge >= 0.3 is 6.18 Å². The van der Waals surface area contributed by atoms with E-state index in [0.29, 0.717) is 0 Å². The minimum Gasteiger partial charge on any atom is -0.505 e. The SMILES string of the molecule is CC[C@H]1C[C@@](O)(C(F)(F)F)[C@@H](Nc2cccc3c(=O)n(C)ncc23)c2ccc(F)c(O)c21. The first kappa shape index (κ1) is 22.1. The number of rotatable bonds is 3. The Kier molecular flexibility index (Phi) is 5.15. The largest absolute Gasteiger partial charge is 0.505 e. The number of hydrogen-bond donors (Lipinski definition) is 3. The van der Waals surface area contributed by atoms with E-state index in [2.05, 4.69) is 10.4 Å². The van der Waals surface area contributed by atoms with Gasteiger partial charge in [0.15, 0.2) is 17.2 Å². The van der Waals surface area contributed by atoms with Gasteiger partial charge in [-0.15, -0.1) is 0 Å². The maximum atomic E-state index is 14.2. The third kappa shape index (κ3) is 3.21. The zero-order valence-electron chi connectivity index (χ0n) is 17.2. The topological polar surface area (TPSA) is 87.4 Å². The van der Waals surface area contributed by atoms with Crippen LogP contribution in [0, 0.1) is 5.82 Å². The number of phenols is 1. The zero-order valence-corrected chi connectivity index (χ0v) is 17.2. The van der Waals surface area contributed by atoms with Crippen LogP contribution in [0.4, 0.5) is 23.2 Å². The van der Waals surface area contributed by atoms with Crippen LogP contribution in [-0.2, 0) is 7.05 Å². The van der Waals surface area contributed by atoms with Crippen molar-refractivity contribution in [2.45, 2.75) is 43.5 Å². The molecule has 3 N–H and O–H groups in total. The summed E-state index contributed by atoms with van der Waals surface area (Å²) in [4.78, 5) is 12.4. The summed E-state index contributed by atoms with van der Waals surface area (Å²) in [6, 6.07) is 4.74. The van der Waals surface area contributed by atoms with Gasteiger partial charge in [0, 0.05) is 23.7 Å². The molecule has 3 aromatic rings. The summed E-state index contributed by atoms with van der Waals surface area (Å²) in [5.74, 6) is -2.58. The van der Waals surface area contributed by atoms with Crippen molar-refractivity contribution in [3.05, 3.63) is 63.8 Å². The average molecular weight is 451 g/mol. The molecule has 1 aliphatic rings. The van der Waals surface area contributed by atoms with E-state index in [1.807, 2.05) is 0 Å². The minimum absolute atomic E-state index is 0.0354. The first-order chi connectivity index (χ1) is 15.0. The molecule has 1 aliphatic carbocycles. The lowest BCUT2D eigenvalue weighted by molar-refractivity contribution is -0.272. The first-order valence-electron chi connectivity index (χ1n) is 10.0. The third-order valence-corrected chi connectivity index (χ3v) is 6.23. The Morgan fingerprint density at radius 2 is 1.97 bits per heavy atom. The highest BCUT2D eigenvalue weighted by molar-refractivity contribution is 5.92. The Morgan fingerprint density at radius 3 is 2.62 bits per heavy atom. The number of anilines is 1. The molecule has 0 saturated heterocycles. The number of fused-ring (bicyclic) bond motifs is 2. The van der Waals surface area contributed by atoms with Gasteiger partial charge in [-0.25, -0.2) is 9.07 Å². The molecule has 0 aliphatic heterocycles. The molecule has 0 spiro atoms. The lowest BCUT2D eigenvalue weighted by Gasteiger charge is -2.45. The zero-order chi connectivity index (χ0) is 23.4. The fourth-order valence-electron chi connectivity index (χ4n) is 4.50. The fraction of sp³-hybridized carbons (Fsp3) is 0.364. The van der Waals surface area contributed by atoms with Gasteiger partial charge < -0.3 is 15.5 Å². The number of nitrogens with zero attached hydrogens (tertiary/aromatic N) is 2. The van der Waals surface area contributed by atoms with Crippen molar-refractivity contribution in [2.24, 2.45) is 7.05 Å². The summed E-state index contributed by atoms with van der Waals surface area (Å²) in [5.41, 5.74) is -3.53. The van der Waals surface area contributed by atoms with E-state index in [0.717, 1.165) is 16.8 Å². The molecule has 4 rings (SSSR count). The van der Waals surface area contributed by atoms with Gasteiger partial charge in [0.2, 0.25) is 0 Å². The molecule has 0 unspecified atom stereocenters. The molecule has 0 fully saturated rings. The summed E-state index contributed by atoms with van der Waals surface area (Å²) >= 11 is 0. The predicted octanol–water partition coefficient (Wildman–Crippen LogP) is 4.12. The molecule has 32 heavy (non-hydrogen) atoms. The van der Waals surface area contributed by atoms with Gasteiger partial charge in [0.1, 0.15) is 0 Å². The van der Waals surface area contributed by atoms with E-state index in [4.69, 9.17) is 0 Å². The van der Waals surface area contributed by atoms with Crippen LogP contribution in [0.1, 0.15) is 42.9 Å². The van der Waals surface area contributed by atoms with Crippen molar-refractivity contribution >= 4 is 16.5 Å². The van der Waals surface area contributed by atoms with Crippen molar-refractivity contribution < 1.29 is 27.8 Å². The Bertz CT molecular complexity index is 1260. The third-order valence-electron chi connectivity index (χ3n) is 6.23. The van der Waals surface area contributed by atoms with Crippen molar-refractivity contribution in [3.8, 4) is 5.75 Å². The van der Waals surface area contributed by atoms with Crippen LogP contribution in [0.5, 0.6) is 5.75 Å². The Balaban J connectivity index is 1.95. The van der Waals surface area contributed by atoms with E-state index in [1.165, 1.54) is 31.4 Å². The number of phenolic OH excluding ortho intramolecular Hbond substituents is 1. The lowest BCUT2D eigenvalue weighted by Crippen LogP contribution is -2.55. The van der Waals surface area contributed by atoms with Crippen molar-refractivity contribution in [3.63, 3.8) is 0 Å². The number of benzene rings is 2. The minimum atomic E-state index is -5.03. The molecule has 0 bridgehead atoms. The molecule has 2 aromatic carbocycles. The molecule has 10 heteroatoms. The predicted molar refractivity (Wildman–Crippen MR) is 110 cm³/mol. The summed E-state index contributed by atoms with van der Waals surface area (Å²) in [7, 11) is 1.45. The normalized spacial score (nSPS) is 23.2. The van der Waals surface area contributed by atoms with Crippen LogP contribution in [0.3, 0.4) is 0 Å². The maximum Gasteiger partial charge on any atom is 0.419 e. The van der Waals surface area contributed by atoms with E-state index in [9.17, 15) is 32.6 Å². The van der Waals surface area contributed by atoms with Gasteiger partial charge in [-0.05, 0) is 42.5 Å². The monoisotopic (exact) mass is 451 g/mol. The van der Waals surface area contributed by atoms with Gasteiger partial charge in [-0.2, -0.15) is 18.3 Å². The Labute approximate surface area is 180 Å². The second kappa shape index (κ2) is 7.47. The van der Waals surface area contributed by atoms with E-state index in [-0.39, 0.29) is 34.0 Å². The first-order valence-corrected chi connectivity index (χ1v) is 10.0. The maximum absolute atomic E-state index is 14.2. The van der Waals surface area contributed by atoms with Crippen LogP contribution in [0.15, 0.2) is 41.3 Å². The number of aromatic nitrogens is 2. The van der Waals surface area contributed by atoms with Gasteiger partial charge in [0.25, 0.3) is 5.56 Å². The highest BCUT2D eigenvalue weighted by Crippen LogP contribution is 2.55. The molecule has 0 radical (unpaired) electrons. The van der Waals surface area contributed by atoms with Crippen molar-refractivity contribution in [2.75, 3.05) is 5.32 Å². The standard InChI is InChI=1S/C22H21F4N3O3/c1-3-11-9-21(32,22(24,25)26)19(13-7-8-15(23)18(30)17(11)13)28-16-6-4-5-12-14(16)10-27-29(2)20(12)31/h4-8,10-11,19,28,30,32H,3,9H2,1-2H3/t11-,19-,21-/m0/s1. The summed E-state index contributed by atoms with van der Waals surface area (Å²) in [6.45, 7) is 1.61. The van der Waals surface area contributed by atoms with Crippen molar-refractivity contribution in [1.82, 2.24) is 9.78 Å². The van der Waals surface area contributed by atoms with Crippen molar-refractivity contribution in [1.29, 1.82) is 0 Å². The van der Waals surface area contributed by atoms with Crippen LogP contribution in [0.2, 0.25) is 0 Å². The second-order valence-corrected chi connectivity index (χ2v) is 8.05. The Hall–Kier alpha value is -3.14. The van der Waals surface area contributed by atoms with E-state index in [1.54, 1.807) is 6.92 Å². The lowest BCUT2D eigenvalue weighted by atomic mass is 9.69. The number of hydrogen-bond acceptors (Lipinski definition) is 5. The summed E-state index contributed by atoms with van der Waals surface area (Å²) in [5, 5.41) is 28.4. The molecule has 0 saturated carbocycles. The van der Waals surface area contributed by atoms with Crippen LogP contribution in [-0.4, -0.2) is 31.8 Å². The highest BCUT2D eigenvalue weighted by atomic mass is 19.4. The summed E-state index contributed by atoms with van der Waals surface area (Å²) < 4.78 is 57.8. The Morgan fingerprint density at radius 1 is 1.25 bits per heavy atom. The molecule has 1 aromatic heterocycles. The number of halogens is 4. The number of aryl methyl sites for hydroxylation is 1. The molecule has 0 amide bonds. The van der Waals surface area contributed by atoms with Crippen LogP contribution >= 0.6 is 0 Å². The second-order valence-electron chi connectivity index (χ2n) is 8.05. The van der Waals surface area contributed by atoms with Crippen LogP contribution < -0.4 is 10.9 Å². The molecular weight excluding hydrogens is 430 g/mol. The van der Waals surface area contributed by atoms with Gasteiger partial charge in [0.05, 0.1) is 17.6 Å². The van der Waals surface area contributed by atoms with E-state index >= 15 is 0 Å². The number of aliphatic hydroxyl groups is 1. The van der Waals surface area contributed by atoms with E-state index < -0.39 is 47.3 Å². The molecular formula is C22H21F4N3O3. The molecule has 6 nitrogen and oxygen atoms in total. The molecule has 1 heterocycles. The number of alkyl halides is 3. The fourth-order valence-corrected chi connectivity index (χ4v) is 4.50. The van der Waals surface area contributed by atoms with Gasteiger partial charge in [-0.1, -0.05) is 19.1 Å². The number of nitrogens with one attached hydrogen (secondary N) is 1. The quantitative estimate of drug-likeness (QED) is 0.522. The van der Waals surface area contributed by atoms with Gasteiger partial charge in [-0.3, -0.25) is 4.79 Å². The highest BCUT2D eigenvalue weighted by Gasteiger charge is 2.62. The smallest absolute Gasteiger partial charge is 0.419 e. The van der Waals surface area contributed by atoms with Crippen LogP contribution in [0.25, 0.3) is 10.8 Å². The number of aromatic hydroxyl groups is 1. The average Bonchev–Trinajstić information content (AvgIpc) is 2.74. The molecule has 170 valence electrons. The summed E-state index contributed by atoms with van der Waals surface area (Å²) in [6.07, 6.45) is -4.30. The molecule has 3 atom stereocenters.